The Kier molecular flexibility index (Phi) is 7.14. The Morgan fingerprint density at radius 3 is 2.43 bits per heavy atom. The minimum absolute atomic E-state index is 0.0152. The minimum Gasteiger partial charge on any atom is -0.484 e. The number of rotatable bonds is 6. The molecule has 30 heavy (non-hydrogen) atoms. The third-order valence-corrected chi connectivity index (χ3v) is 5.96. The predicted octanol–water partition coefficient (Wildman–Crippen LogP) is 4.76. The number of nitrogens with zero attached hydrogens (tertiary/aromatic N) is 2. The second kappa shape index (κ2) is 9.61. The summed E-state index contributed by atoms with van der Waals surface area (Å²) in [5.41, 5.74) is 3.57. The van der Waals surface area contributed by atoms with Gasteiger partial charge in [-0.05, 0) is 67.6 Å². The van der Waals surface area contributed by atoms with Crippen molar-refractivity contribution in [2.45, 2.75) is 59.2 Å². The first kappa shape index (κ1) is 22.3. The molecular formula is C25H33FN2O2. The molecular weight excluding hydrogens is 379 g/mol. The number of amides is 1. The Bertz CT molecular complexity index is 866. The molecule has 4 nitrogen and oxygen atoms in total. The van der Waals surface area contributed by atoms with Crippen LogP contribution in [-0.4, -0.2) is 47.5 Å². The summed E-state index contributed by atoms with van der Waals surface area (Å²) in [6.07, 6.45) is 0. The van der Waals surface area contributed by atoms with Crippen molar-refractivity contribution < 1.29 is 13.9 Å². The van der Waals surface area contributed by atoms with Crippen molar-refractivity contribution in [3.05, 3.63) is 65.0 Å². The van der Waals surface area contributed by atoms with Crippen LogP contribution in [0.3, 0.4) is 0 Å². The van der Waals surface area contributed by atoms with Gasteiger partial charge in [0.15, 0.2) is 6.61 Å². The molecule has 2 atom stereocenters. The lowest BCUT2D eigenvalue weighted by molar-refractivity contribution is -0.139. The van der Waals surface area contributed by atoms with E-state index in [1.165, 1.54) is 23.3 Å². The molecule has 0 bridgehead atoms. The number of benzene rings is 2. The number of piperazine rings is 1. The first-order chi connectivity index (χ1) is 14.2. The predicted molar refractivity (Wildman–Crippen MR) is 118 cm³/mol. The van der Waals surface area contributed by atoms with E-state index in [4.69, 9.17) is 4.74 Å². The fourth-order valence-electron chi connectivity index (χ4n) is 4.20. The highest BCUT2D eigenvalue weighted by atomic mass is 19.1. The summed E-state index contributed by atoms with van der Waals surface area (Å²) in [7, 11) is 0. The zero-order valence-electron chi connectivity index (χ0n) is 18.7. The second-order valence-corrected chi connectivity index (χ2v) is 8.76. The van der Waals surface area contributed by atoms with Gasteiger partial charge in [0.05, 0.1) is 0 Å². The van der Waals surface area contributed by atoms with Crippen LogP contribution in [-0.2, 0) is 11.3 Å². The summed E-state index contributed by atoms with van der Waals surface area (Å²) >= 11 is 0. The molecule has 1 saturated heterocycles. The SMILES string of the molecule is Cc1cc(OCC(=O)N2C[C@@H](C)N(Cc3ccc(F)cc3)C[C@@H]2C)ccc1C(C)C. The zero-order valence-corrected chi connectivity index (χ0v) is 18.7. The highest BCUT2D eigenvalue weighted by Crippen LogP contribution is 2.24. The van der Waals surface area contributed by atoms with Crippen molar-refractivity contribution in [2.75, 3.05) is 19.7 Å². The van der Waals surface area contributed by atoms with E-state index < -0.39 is 0 Å². The summed E-state index contributed by atoms with van der Waals surface area (Å²) in [4.78, 5) is 17.1. The van der Waals surface area contributed by atoms with E-state index in [0.29, 0.717) is 12.5 Å². The molecule has 1 amide bonds. The van der Waals surface area contributed by atoms with E-state index in [9.17, 15) is 9.18 Å². The van der Waals surface area contributed by atoms with Crippen molar-refractivity contribution in [1.29, 1.82) is 0 Å². The average molecular weight is 413 g/mol. The Morgan fingerprint density at radius 2 is 1.80 bits per heavy atom. The van der Waals surface area contributed by atoms with Gasteiger partial charge in [-0.3, -0.25) is 9.69 Å². The zero-order chi connectivity index (χ0) is 21.8. The normalized spacial score (nSPS) is 19.9. The van der Waals surface area contributed by atoms with Crippen LogP contribution in [0.25, 0.3) is 0 Å². The molecule has 2 aromatic carbocycles. The fraction of sp³-hybridized carbons (Fsp3) is 0.480. The number of halogens is 1. The first-order valence-corrected chi connectivity index (χ1v) is 10.8. The van der Waals surface area contributed by atoms with Gasteiger partial charge in [-0.15, -0.1) is 0 Å². The summed E-state index contributed by atoms with van der Waals surface area (Å²) in [6.45, 7) is 12.9. The van der Waals surface area contributed by atoms with Gasteiger partial charge < -0.3 is 9.64 Å². The maximum absolute atomic E-state index is 13.1. The molecule has 0 unspecified atom stereocenters. The van der Waals surface area contributed by atoms with E-state index in [1.54, 1.807) is 0 Å². The van der Waals surface area contributed by atoms with Crippen LogP contribution in [0.1, 0.15) is 50.3 Å². The van der Waals surface area contributed by atoms with Crippen molar-refractivity contribution in [3.63, 3.8) is 0 Å². The molecule has 2 aromatic rings. The molecule has 0 spiro atoms. The Hall–Kier alpha value is -2.40. The molecule has 1 aliphatic rings. The number of aryl methyl sites for hydroxylation is 1. The summed E-state index contributed by atoms with van der Waals surface area (Å²) in [6, 6.07) is 13.0. The molecule has 1 aliphatic heterocycles. The molecule has 1 heterocycles. The van der Waals surface area contributed by atoms with Crippen LogP contribution in [0.4, 0.5) is 4.39 Å². The fourth-order valence-corrected chi connectivity index (χ4v) is 4.20. The smallest absolute Gasteiger partial charge is 0.260 e. The lowest BCUT2D eigenvalue weighted by Crippen LogP contribution is -2.58. The first-order valence-electron chi connectivity index (χ1n) is 10.8. The van der Waals surface area contributed by atoms with E-state index in [1.807, 2.05) is 29.2 Å². The van der Waals surface area contributed by atoms with E-state index in [0.717, 1.165) is 24.4 Å². The van der Waals surface area contributed by atoms with Crippen LogP contribution in [0.5, 0.6) is 5.75 Å². The van der Waals surface area contributed by atoms with Gasteiger partial charge in [-0.25, -0.2) is 4.39 Å². The molecule has 0 aliphatic carbocycles. The van der Waals surface area contributed by atoms with Gasteiger partial charge in [0.1, 0.15) is 11.6 Å². The standard InChI is InChI=1S/C25H33FN2O2/c1-17(2)24-11-10-23(12-18(24)3)30-16-25(29)28-14-19(4)27(13-20(28)5)15-21-6-8-22(26)9-7-21/h6-12,17,19-20H,13-16H2,1-5H3/t19-,20+/m1/s1. The lowest BCUT2D eigenvalue weighted by atomic mass is 9.98. The highest BCUT2D eigenvalue weighted by molar-refractivity contribution is 5.78. The number of hydrogen-bond donors (Lipinski definition) is 0. The van der Waals surface area contributed by atoms with Gasteiger partial charge in [0.2, 0.25) is 0 Å². The highest BCUT2D eigenvalue weighted by Gasteiger charge is 2.32. The molecule has 0 aromatic heterocycles. The van der Waals surface area contributed by atoms with Crippen LogP contribution in [0.15, 0.2) is 42.5 Å². The van der Waals surface area contributed by atoms with Gasteiger partial charge in [0.25, 0.3) is 5.91 Å². The quantitative estimate of drug-likeness (QED) is 0.686. The maximum Gasteiger partial charge on any atom is 0.260 e. The van der Waals surface area contributed by atoms with Gasteiger partial charge >= 0.3 is 0 Å². The number of hydrogen-bond acceptors (Lipinski definition) is 3. The third-order valence-electron chi connectivity index (χ3n) is 5.96. The molecule has 0 N–H and O–H groups in total. The number of ether oxygens (including phenoxy) is 1. The Balaban J connectivity index is 1.55. The van der Waals surface area contributed by atoms with Crippen LogP contribution >= 0.6 is 0 Å². The van der Waals surface area contributed by atoms with Crippen molar-refractivity contribution in [1.82, 2.24) is 9.80 Å². The molecule has 5 heteroatoms. The second-order valence-electron chi connectivity index (χ2n) is 8.76. The lowest BCUT2D eigenvalue weighted by Gasteiger charge is -2.44. The van der Waals surface area contributed by atoms with Crippen LogP contribution in [0, 0.1) is 12.7 Å². The topological polar surface area (TPSA) is 32.8 Å². The van der Waals surface area contributed by atoms with E-state index in [2.05, 4.69) is 45.6 Å². The monoisotopic (exact) mass is 412 g/mol. The maximum atomic E-state index is 13.1. The van der Waals surface area contributed by atoms with E-state index in [-0.39, 0.29) is 30.4 Å². The van der Waals surface area contributed by atoms with Gasteiger partial charge in [-0.1, -0.05) is 32.0 Å². The van der Waals surface area contributed by atoms with Crippen molar-refractivity contribution in [3.8, 4) is 5.75 Å². The van der Waals surface area contributed by atoms with Crippen molar-refractivity contribution in [2.24, 2.45) is 0 Å². The van der Waals surface area contributed by atoms with Crippen LogP contribution in [0.2, 0.25) is 0 Å². The summed E-state index contributed by atoms with van der Waals surface area (Å²) in [5.74, 6) is 1.00. The molecule has 0 saturated carbocycles. The van der Waals surface area contributed by atoms with E-state index >= 15 is 0 Å². The largest absolute Gasteiger partial charge is 0.484 e. The summed E-state index contributed by atoms with van der Waals surface area (Å²) < 4.78 is 19.0. The minimum atomic E-state index is -0.218. The third kappa shape index (κ3) is 5.39. The van der Waals surface area contributed by atoms with Gasteiger partial charge in [0, 0.05) is 31.7 Å². The molecule has 1 fully saturated rings. The Morgan fingerprint density at radius 1 is 1.10 bits per heavy atom. The van der Waals surface area contributed by atoms with Gasteiger partial charge in [-0.2, -0.15) is 0 Å². The van der Waals surface area contributed by atoms with Crippen LogP contribution < -0.4 is 4.74 Å². The average Bonchev–Trinajstić information content (AvgIpc) is 2.70. The summed E-state index contributed by atoms with van der Waals surface area (Å²) in [5, 5.41) is 0. The molecule has 162 valence electrons. The number of carbonyl (C=O) groups excluding carboxylic acids is 1. The Labute approximate surface area is 179 Å². The number of carbonyl (C=O) groups is 1. The molecule has 3 rings (SSSR count). The van der Waals surface area contributed by atoms with Crippen molar-refractivity contribution >= 4 is 5.91 Å². The molecule has 0 radical (unpaired) electrons.